The highest BCUT2D eigenvalue weighted by molar-refractivity contribution is 7.17. The van der Waals surface area contributed by atoms with Crippen molar-refractivity contribution in [2.24, 2.45) is 5.92 Å². The van der Waals surface area contributed by atoms with Gasteiger partial charge in [0.05, 0.1) is 41.6 Å². The van der Waals surface area contributed by atoms with Crippen LogP contribution in [-0.2, 0) is 16.0 Å². The highest BCUT2D eigenvalue weighted by atomic mass is 32.1. The molecule has 2 fully saturated rings. The van der Waals surface area contributed by atoms with Crippen LogP contribution in [-0.4, -0.2) is 59.8 Å². The second-order valence-corrected chi connectivity index (χ2v) is 11.8. The topological polar surface area (TPSA) is 133 Å². The van der Waals surface area contributed by atoms with Crippen molar-refractivity contribution in [1.82, 2.24) is 20.3 Å². The maximum atomic E-state index is 12.8. The molecule has 2 aliphatic rings. The predicted octanol–water partition coefficient (Wildman–Crippen LogP) is 3.85. The number of anilines is 1. The average Bonchev–Trinajstić information content (AvgIpc) is 3.76. The van der Waals surface area contributed by atoms with Gasteiger partial charge in [-0.3, -0.25) is 9.59 Å². The molecular weight excluding hydrogens is 554 g/mol. The smallest absolute Gasteiger partial charge is 0.233 e. The van der Waals surface area contributed by atoms with Crippen molar-refractivity contribution < 1.29 is 23.1 Å². The van der Waals surface area contributed by atoms with Gasteiger partial charge in [-0.25, -0.2) is 15.0 Å². The molecule has 2 aliphatic heterocycles. The van der Waals surface area contributed by atoms with Gasteiger partial charge in [-0.15, -0.1) is 22.7 Å². The molecule has 7 rings (SSSR count). The number of furan rings is 1. The van der Waals surface area contributed by atoms with E-state index in [1.165, 1.54) is 35.0 Å². The minimum Gasteiger partial charge on any atom is -0.473 e. The monoisotopic (exact) mass is 579 g/mol. The quantitative estimate of drug-likeness (QED) is 0.303. The van der Waals surface area contributed by atoms with Crippen molar-refractivity contribution in [3.05, 3.63) is 50.9 Å². The van der Waals surface area contributed by atoms with Gasteiger partial charge in [0, 0.05) is 49.5 Å². The first-order valence-corrected chi connectivity index (χ1v) is 14.7. The number of carbonyl (C=O) groups excluding carboxylic acids is 1. The molecule has 0 aliphatic carbocycles. The Morgan fingerprint density at radius 2 is 2.08 bits per heavy atom. The summed E-state index contributed by atoms with van der Waals surface area (Å²) in [7, 11) is 0. The summed E-state index contributed by atoms with van der Waals surface area (Å²) in [6.45, 7) is 5.05. The van der Waals surface area contributed by atoms with Crippen LogP contribution in [0.4, 0.5) is 5.88 Å². The van der Waals surface area contributed by atoms with Gasteiger partial charge in [-0.1, -0.05) is 0 Å². The van der Waals surface area contributed by atoms with E-state index in [4.69, 9.17) is 23.3 Å². The first-order chi connectivity index (χ1) is 19.5. The highest BCUT2D eigenvalue weighted by Crippen LogP contribution is 2.36. The molecule has 13 heteroatoms. The molecule has 1 amide bonds. The van der Waals surface area contributed by atoms with E-state index in [0.717, 1.165) is 20.8 Å². The van der Waals surface area contributed by atoms with Gasteiger partial charge in [0.15, 0.2) is 11.5 Å². The fraction of sp³-hybridized carbons (Fsp3) is 0.370. The lowest BCUT2D eigenvalue weighted by molar-refractivity contribution is -0.119. The summed E-state index contributed by atoms with van der Waals surface area (Å²) in [6.07, 6.45) is 4.13. The van der Waals surface area contributed by atoms with Crippen molar-refractivity contribution >= 4 is 55.8 Å². The molecule has 1 N–H and O–H groups in total. The third kappa shape index (κ3) is 4.73. The SMILES string of the molecule is C[C@H](Oc1nc(Cc2cnc(-c3coc4c(=O)cc(N5CCOCC5)oc34)s2)cc2ncsc12)[C@@H]1CNC(=O)C1. The molecule has 206 valence electrons. The van der Waals surface area contributed by atoms with E-state index < -0.39 is 0 Å². The zero-order chi connectivity index (χ0) is 27.2. The molecule has 7 heterocycles. The zero-order valence-corrected chi connectivity index (χ0v) is 23.2. The molecule has 0 unspecified atom stereocenters. The van der Waals surface area contributed by atoms with E-state index in [2.05, 4.69) is 15.3 Å². The molecule has 11 nitrogen and oxygen atoms in total. The Balaban J connectivity index is 1.16. The van der Waals surface area contributed by atoms with Crippen LogP contribution in [0.25, 0.3) is 32.0 Å². The summed E-state index contributed by atoms with van der Waals surface area (Å²) in [5.41, 5.74) is 4.37. The summed E-state index contributed by atoms with van der Waals surface area (Å²) >= 11 is 2.97. The van der Waals surface area contributed by atoms with Crippen LogP contribution in [0, 0.1) is 5.92 Å². The van der Waals surface area contributed by atoms with Gasteiger partial charge in [0.2, 0.25) is 22.8 Å². The lowest BCUT2D eigenvalue weighted by Gasteiger charge is -2.26. The van der Waals surface area contributed by atoms with Crippen LogP contribution >= 0.6 is 22.7 Å². The minimum atomic E-state index is -0.231. The fourth-order valence-corrected chi connectivity index (χ4v) is 6.63. The number of morpholine rings is 1. The fourth-order valence-electron chi connectivity index (χ4n) is 5.00. The molecule has 0 bridgehead atoms. The van der Waals surface area contributed by atoms with Crippen LogP contribution in [0.1, 0.15) is 23.9 Å². The van der Waals surface area contributed by atoms with Crippen molar-refractivity contribution in [2.45, 2.75) is 25.9 Å². The highest BCUT2D eigenvalue weighted by Gasteiger charge is 2.29. The molecule has 0 saturated carbocycles. The number of rotatable bonds is 7. The molecule has 2 saturated heterocycles. The lowest BCUT2D eigenvalue weighted by atomic mass is 10.0. The largest absolute Gasteiger partial charge is 0.473 e. The molecule has 0 aromatic carbocycles. The zero-order valence-electron chi connectivity index (χ0n) is 21.5. The van der Waals surface area contributed by atoms with Crippen molar-refractivity contribution in [1.29, 1.82) is 0 Å². The number of carbonyl (C=O) groups is 1. The van der Waals surface area contributed by atoms with Crippen molar-refractivity contribution in [2.75, 3.05) is 37.7 Å². The number of nitrogens with one attached hydrogen (secondary N) is 1. The number of pyridine rings is 1. The van der Waals surface area contributed by atoms with Gasteiger partial charge in [0.25, 0.3) is 0 Å². The second-order valence-electron chi connectivity index (χ2n) is 9.88. The van der Waals surface area contributed by atoms with Crippen LogP contribution < -0.4 is 20.4 Å². The predicted molar refractivity (Wildman–Crippen MR) is 150 cm³/mol. The van der Waals surface area contributed by atoms with E-state index in [0.29, 0.717) is 73.6 Å². The number of nitrogens with zero attached hydrogens (tertiary/aromatic N) is 4. The van der Waals surface area contributed by atoms with Crippen molar-refractivity contribution in [3.8, 4) is 16.5 Å². The van der Waals surface area contributed by atoms with Crippen LogP contribution in [0.3, 0.4) is 0 Å². The Labute approximate surface area is 235 Å². The number of thiazole rings is 2. The second kappa shape index (κ2) is 10.3. The standard InChI is InChI=1S/C27H25N5O6S2/c1-14(15-6-21(34)28-10-15)37-26-25-19(30-13-39-25)8-16(31-26)7-17-11-29-27(40-17)18-12-36-24-20(33)9-22(38-23(18)24)32-2-4-35-5-3-32/h8-9,11-15H,2-7,10H2,1H3,(H,28,34)/t14-,15-/m0/s1. The molecule has 40 heavy (non-hydrogen) atoms. The average molecular weight is 580 g/mol. The van der Waals surface area contributed by atoms with E-state index in [1.54, 1.807) is 11.7 Å². The van der Waals surface area contributed by atoms with Crippen LogP contribution in [0.15, 0.2) is 43.7 Å². The summed E-state index contributed by atoms with van der Waals surface area (Å²) < 4.78 is 24.3. The van der Waals surface area contributed by atoms with Crippen molar-refractivity contribution in [3.63, 3.8) is 0 Å². The molecule has 5 aromatic rings. The number of amides is 1. The molecule has 2 atom stereocenters. The van der Waals surface area contributed by atoms with E-state index in [1.807, 2.05) is 17.9 Å². The molecule has 0 spiro atoms. The number of hydrogen-bond donors (Lipinski definition) is 1. The van der Waals surface area contributed by atoms with Crippen LogP contribution in [0.5, 0.6) is 5.88 Å². The molecular formula is C27H25N5O6S2. The normalized spacial score (nSPS) is 18.5. The van der Waals surface area contributed by atoms with Gasteiger partial charge < -0.3 is 28.5 Å². The Morgan fingerprint density at radius 1 is 1.20 bits per heavy atom. The van der Waals surface area contributed by atoms with Gasteiger partial charge in [-0.05, 0) is 13.0 Å². The van der Waals surface area contributed by atoms with E-state index in [-0.39, 0.29) is 28.9 Å². The number of aromatic nitrogens is 3. The van der Waals surface area contributed by atoms with Gasteiger partial charge in [0.1, 0.15) is 22.1 Å². The van der Waals surface area contributed by atoms with Gasteiger partial charge in [-0.2, -0.15) is 0 Å². The molecule has 0 radical (unpaired) electrons. The third-order valence-corrected chi connectivity index (χ3v) is 9.06. The maximum Gasteiger partial charge on any atom is 0.233 e. The first kappa shape index (κ1) is 25.2. The van der Waals surface area contributed by atoms with Crippen LogP contribution in [0.2, 0.25) is 0 Å². The van der Waals surface area contributed by atoms with E-state index in [9.17, 15) is 9.59 Å². The Hall–Kier alpha value is -3.81. The third-order valence-electron chi connectivity index (χ3n) is 7.20. The first-order valence-electron chi connectivity index (χ1n) is 13.0. The van der Waals surface area contributed by atoms with Gasteiger partial charge >= 0.3 is 0 Å². The summed E-state index contributed by atoms with van der Waals surface area (Å²) in [5.74, 6) is 1.18. The molecule has 5 aromatic heterocycles. The number of fused-ring (bicyclic) bond motifs is 2. The summed E-state index contributed by atoms with van der Waals surface area (Å²) in [4.78, 5) is 41.3. The lowest BCUT2D eigenvalue weighted by Crippen LogP contribution is -2.36. The summed E-state index contributed by atoms with van der Waals surface area (Å²) in [6, 6.07) is 3.43. The maximum absolute atomic E-state index is 12.8. The number of ether oxygens (including phenoxy) is 2. The number of hydrogen-bond acceptors (Lipinski definition) is 12. The Bertz CT molecular complexity index is 1770. The van der Waals surface area contributed by atoms with E-state index >= 15 is 0 Å². The summed E-state index contributed by atoms with van der Waals surface area (Å²) in [5, 5.41) is 3.56. The Kier molecular flexibility index (Phi) is 6.48. The minimum absolute atomic E-state index is 0.0492. The Morgan fingerprint density at radius 3 is 2.90 bits per heavy atom.